The third-order valence-electron chi connectivity index (χ3n) is 2.67. The van der Waals surface area contributed by atoms with Crippen molar-refractivity contribution in [1.82, 2.24) is 0 Å². The maximum Gasteiger partial charge on any atom is 0.145 e. The van der Waals surface area contributed by atoms with Crippen LogP contribution in [0.15, 0.2) is 0 Å². The molecule has 0 aromatic heterocycles. The third-order valence-corrected chi connectivity index (χ3v) is 2.67. The largest absolute Gasteiger partial charge is 0.390 e. The smallest absolute Gasteiger partial charge is 0.145 e. The predicted molar refractivity (Wildman–Crippen MR) is 45.2 cm³/mol. The summed E-state index contributed by atoms with van der Waals surface area (Å²) in [7, 11) is 5.95. The molecule has 0 saturated heterocycles. The minimum atomic E-state index is -0.389. The topological polar surface area (TPSA) is 40.5 Å². The van der Waals surface area contributed by atoms with E-state index >= 15 is 0 Å². The van der Waals surface area contributed by atoms with Crippen LogP contribution in [0.25, 0.3) is 0 Å². The number of quaternary nitrogens is 1. The summed E-state index contributed by atoms with van der Waals surface area (Å²) in [5.41, 5.74) is -0.389. The number of aliphatic hydroxyl groups excluding tert-OH is 2. The van der Waals surface area contributed by atoms with Gasteiger partial charge in [-0.2, -0.15) is 0 Å². The van der Waals surface area contributed by atoms with E-state index in [-0.39, 0.29) is 18.8 Å². The van der Waals surface area contributed by atoms with Crippen LogP contribution in [0.4, 0.5) is 0 Å². The maximum atomic E-state index is 9.14. The lowest BCUT2D eigenvalue weighted by atomic mass is 9.95. The lowest BCUT2D eigenvalue weighted by Gasteiger charge is -2.43. The van der Waals surface area contributed by atoms with E-state index < -0.39 is 0 Å². The van der Waals surface area contributed by atoms with Gasteiger partial charge in [0.25, 0.3) is 0 Å². The predicted octanol–water partition coefficient (Wildman–Crippen LogP) is -0.174. The Balaban J connectivity index is 4.54. The Morgan fingerprint density at radius 2 is 1.45 bits per heavy atom. The molecule has 11 heavy (non-hydrogen) atoms. The molecule has 0 saturated carbocycles. The van der Waals surface area contributed by atoms with Crippen LogP contribution in [0.3, 0.4) is 0 Å². The molecule has 0 amide bonds. The van der Waals surface area contributed by atoms with Gasteiger partial charge in [0.05, 0.1) is 21.1 Å². The van der Waals surface area contributed by atoms with Gasteiger partial charge in [0, 0.05) is 6.42 Å². The highest BCUT2D eigenvalue weighted by Crippen LogP contribution is 2.21. The molecule has 0 rings (SSSR count). The van der Waals surface area contributed by atoms with Gasteiger partial charge in [0.2, 0.25) is 0 Å². The molecule has 0 heterocycles. The summed E-state index contributed by atoms with van der Waals surface area (Å²) in [4.78, 5) is 0. The molecule has 68 valence electrons. The summed E-state index contributed by atoms with van der Waals surface area (Å²) in [6.45, 7) is 2.04. The molecule has 0 fully saturated rings. The van der Waals surface area contributed by atoms with Crippen molar-refractivity contribution in [3.05, 3.63) is 0 Å². The summed E-state index contributed by atoms with van der Waals surface area (Å²) in [6.07, 6.45) is 0.781. The standard InChI is InChI=1S/C8H20NO2/c1-5-8(6-10,7-11)9(2,3)4/h10-11H,5-7H2,1-4H3/q+1. The Hall–Kier alpha value is -0.120. The van der Waals surface area contributed by atoms with Crippen molar-refractivity contribution in [3.63, 3.8) is 0 Å². The second-order valence-corrected chi connectivity index (χ2v) is 3.91. The fraction of sp³-hybridized carbons (Fsp3) is 1.00. The Morgan fingerprint density at radius 3 is 1.45 bits per heavy atom. The van der Waals surface area contributed by atoms with Gasteiger partial charge < -0.3 is 14.7 Å². The molecule has 0 aliphatic heterocycles. The second-order valence-electron chi connectivity index (χ2n) is 3.91. The number of likely N-dealkylation sites (N-methyl/N-ethyl adjacent to an activating group) is 1. The SMILES string of the molecule is CCC(CO)(CO)[N+](C)(C)C. The molecule has 0 aromatic rings. The molecular weight excluding hydrogens is 142 g/mol. The maximum absolute atomic E-state index is 9.14. The number of aliphatic hydroxyl groups is 2. The zero-order valence-electron chi connectivity index (χ0n) is 7.96. The van der Waals surface area contributed by atoms with Crippen LogP contribution in [-0.2, 0) is 0 Å². The molecule has 2 N–H and O–H groups in total. The van der Waals surface area contributed by atoms with Crippen molar-refractivity contribution in [1.29, 1.82) is 0 Å². The van der Waals surface area contributed by atoms with Gasteiger partial charge in [-0.3, -0.25) is 0 Å². The van der Waals surface area contributed by atoms with Gasteiger partial charge in [-0.25, -0.2) is 0 Å². The Kier molecular flexibility index (Phi) is 3.48. The van der Waals surface area contributed by atoms with Crippen LogP contribution in [0, 0.1) is 0 Å². The van der Waals surface area contributed by atoms with Crippen LogP contribution in [-0.4, -0.2) is 54.6 Å². The first-order valence-corrected chi connectivity index (χ1v) is 3.97. The van der Waals surface area contributed by atoms with Crippen molar-refractivity contribution in [2.45, 2.75) is 18.9 Å². The van der Waals surface area contributed by atoms with E-state index in [1.807, 2.05) is 28.1 Å². The summed E-state index contributed by atoms with van der Waals surface area (Å²) in [5.74, 6) is 0. The third kappa shape index (κ3) is 1.92. The molecule has 0 bridgehead atoms. The number of hydrogen-bond donors (Lipinski definition) is 2. The molecule has 0 aliphatic carbocycles. The van der Waals surface area contributed by atoms with Gasteiger partial charge in [0.15, 0.2) is 0 Å². The molecule has 0 radical (unpaired) electrons. The Morgan fingerprint density at radius 1 is 1.09 bits per heavy atom. The minimum absolute atomic E-state index is 0.0312. The van der Waals surface area contributed by atoms with Crippen molar-refractivity contribution in [2.24, 2.45) is 0 Å². The highest BCUT2D eigenvalue weighted by molar-refractivity contribution is 4.76. The number of rotatable bonds is 4. The average molecular weight is 162 g/mol. The minimum Gasteiger partial charge on any atom is -0.390 e. The average Bonchev–Trinajstić information content (AvgIpc) is 1.90. The molecular formula is C8H20NO2+. The normalized spacial score (nSPS) is 13.6. The Labute approximate surface area is 68.9 Å². The van der Waals surface area contributed by atoms with Crippen LogP contribution >= 0.6 is 0 Å². The summed E-state index contributed by atoms with van der Waals surface area (Å²) in [5, 5.41) is 18.3. The first-order chi connectivity index (χ1) is 4.93. The highest BCUT2D eigenvalue weighted by atomic mass is 16.3. The molecule has 0 atom stereocenters. The Bertz CT molecular complexity index is 105. The first-order valence-electron chi connectivity index (χ1n) is 3.97. The molecule has 0 unspecified atom stereocenters. The van der Waals surface area contributed by atoms with E-state index in [0.29, 0.717) is 4.48 Å². The lowest BCUT2D eigenvalue weighted by Crippen LogP contribution is -2.61. The van der Waals surface area contributed by atoms with Crippen LogP contribution in [0.2, 0.25) is 0 Å². The molecule has 3 nitrogen and oxygen atoms in total. The van der Waals surface area contributed by atoms with Crippen LogP contribution in [0.1, 0.15) is 13.3 Å². The summed E-state index contributed by atoms with van der Waals surface area (Å²) >= 11 is 0. The van der Waals surface area contributed by atoms with Gasteiger partial charge in [-0.15, -0.1) is 0 Å². The van der Waals surface area contributed by atoms with Crippen molar-refractivity contribution in [3.8, 4) is 0 Å². The summed E-state index contributed by atoms with van der Waals surface area (Å²) < 4.78 is 0.594. The van der Waals surface area contributed by atoms with Gasteiger partial charge in [0.1, 0.15) is 18.8 Å². The van der Waals surface area contributed by atoms with E-state index in [4.69, 9.17) is 10.2 Å². The van der Waals surface area contributed by atoms with Crippen LogP contribution in [0.5, 0.6) is 0 Å². The first kappa shape index (κ1) is 10.9. The fourth-order valence-corrected chi connectivity index (χ4v) is 1.17. The monoisotopic (exact) mass is 162 g/mol. The lowest BCUT2D eigenvalue weighted by molar-refractivity contribution is -0.925. The van der Waals surface area contributed by atoms with E-state index in [0.717, 1.165) is 6.42 Å². The van der Waals surface area contributed by atoms with Crippen molar-refractivity contribution < 1.29 is 14.7 Å². The molecule has 0 aliphatic rings. The van der Waals surface area contributed by atoms with Gasteiger partial charge in [-0.05, 0) is 0 Å². The van der Waals surface area contributed by atoms with E-state index in [2.05, 4.69) is 0 Å². The van der Waals surface area contributed by atoms with E-state index in [1.54, 1.807) is 0 Å². The molecule has 0 aromatic carbocycles. The molecule has 3 heteroatoms. The zero-order valence-corrected chi connectivity index (χ0v) is 7.96. The van der Waals surface area contributed by atoms with E-state index in [9.17, 15) is 0 Å². The van der Waals surface area contributed by atoms with Gasteiger partial charge in [-0.1, -0.05) is 6.92 Å². The number of hydrogen-bond acceptors (Lipinski definition) is 2. The zero-order chi connectivity index (χ0) is 9.12. The van der Waals surface area contributed by atoms with Crippen LogP contribution < -0.4 is 0 Å². The van der Waals surface area contributed by atoms with E-state index in [1.165, 1.54) is 0 Å². The number of nitrogens with zero attached hydrogens (tertiary/aromatic N) is 1. The van der Waals surface area contributed by atoms with Gasteiger partial charge >= 0.3 is 0 Å². The second kappa shape index (κ2) is 3.52. The quantitative estimate of drug-likeness (QED) is 0.563. The van der Waals surface area contributed by atoms with Crippen molar-refractivity contribution in [2.75, 3.05) is 34.4 Å². The van der Waals surface area contributed by atoms with Crippen molar-refractivity contribution >= 4 is 0 Å². The summed E-state index contributed by atoms with van der Waals surface area (Å²) in [6, 6.07) is 0. The molecule has 0 spiro atoms. The highest BCUT2D eigenvalue weighted by Gasteiger charge is 2.40. The fourth-order valence-electron chi connectivity index (χ4n) is 1.17.